The van der Waals surface area contributed by atoms with Gasteiger partial charge in [-0.15, -0.1) is 0 Å². The van der Waals surface area contributed by atoms with Crippen LogP contribution in [0.4, 0.5) is 11.4 Å². The van der Waals surface area contributed by atoms with Crippen LogP contribution < -0.4 is 38.8 Å². The molecule has 1 atom stereocenters. The van der Waals surface area contributed by atoms with Gasteiger partial charge in [-0.2, -0.15) is 0 Å². The minimum absolute atomic E-state index is 0. The van der Waals surface area contributed by atoms with Crippen molar-refractivity contribution in [3.05, 3.63) is 60.2 Å². The number of anilines is 2. The molecule has 1 aliphatic heterocycles. The molecular formula is C27H39N2NaO3S. The molecule has 1 unspecified atom stereocenters. The number of benzene rings is 2. The molecule has 0 amide bonds. The molecule has 2 aromatic rings. The van der Waals surface area contributed by atoms with Crippen LogP contribution >= 0.6 is 0 Å². The number of hydrogen-bond donors (Lipinski definition) is 0. The van der Waals surface area contributed by atoms with E-state index >= 15 is 0 Å². The average molecular weight is 495 g/mol. The van der Waals surface area contributed by atoms with Gasteiger partial charge >= 0.3 is 29.6 Å². The molecule has 1 aliphatic rings. The van der Waals surface area contributed by atoms with E-state index < -0.39 is 16.5 Å². The summed E-state index contributed by atoms with van der Waals surface area (Å²) in [7, 11) is -4.61. The fourth-order valence-corrected chi connectivity index (χ4v) is 5.76. The summed E-state index contributed by atoms with van der Waals surface area (Å²) in [6.45, 7) is 2.82. The molecule has 0 radical (unpaired) electrons. The molecule has 5 nitrogen and oxygen atoms in total. The SMILES string of the molecule is CCCCCCCCCCCCCC1N(Cc2ccccc2)c2ccccc2N1S(=O)(=O)[O-].[Na+]. The summed E-state index contributed by atoms with van der Waals surface area (Å²) in [4.78, 5) is 2.08. The van der Waals surface area contributed by atoms with E-state index in [0.29, 0.717) is 18.7 Å². The van der Waals surface area contributed by atoms with Gasteiger partial charge < -0.3 is 9.45 Å². The zero-order valence-corrected chi connectivity index (χ0v) is 23.8. The molecule has 0 saturated carbocycles. The zero-order valence-electron chi connectivity index (χ0n) is 21.0. The van der Waals surface area contributed by atoms with Crippen molar-refractivity contribution in [2.24, 2.45) is 0 Å². The first-order valence-electron chi connectivity index (χ1n) is 12.7. The summed E-state index contributed by atoms with van der Waals surface area (Å²) in [6, 6.07) is 17.4. The predicted octanol–water partition coefficient (Wildman–Crippen LogP) is 4.00. The molecule has 0 fully saturated rings. The van der Waals surface area contributed by atoms with Crippen molar-refractivity contribution in [1.29, 1.82) is 0 Å². The maximum absolute atomic E-state index is 12.2. The van der Waals surface area contributed by atoms with Crippen molar-refractivity contribution in [2.45, 2.75) is 96.7 Å². The van der Waals surface area contributed by atoms with Gasteiger partial charge in [0, 0.05) is 6.54 Å². The number of fused-ring (bicyclic) bond motifs is 1. The van der Waals surface area contributed by atoms with Gasteiger partial charge in [-0.05, 0) is 30.5 Å². The van der Waals surface area contributed by atoms with Crippen LogP contribution in [-0.4, -0.2) is 19.1 Å². The van der Waals surface area contributed by atoms with E-state index in [2.05, 4.69) is 11.8 Å². The number of nitrogens with zero attached hydrogens (tertiary/aromatic N) is 2. The predicted molar refractivity (Wildman–Crippen MR) is 136 cm³/mol. The van der Waals surface area contributed by atoms with Gasteiger partial charge in [0.25, 0.3) is 0 Å². The molecular weight excluding hydrogens is 455 g/mol. The molecule has 34 heavy (non-hydrogen) atoms. The topological polar surface area (TPSA) is 63.7 Å². The third kappa shape index (κ3) is 8.56. The summed E-state index contributed by atoms with van der Waals surface area (Å²) in [5.74, 6) is 0. The van der Waals surface area contributed by atoms with Crippen molar-refractivity contribution >= 4 is 21.7 Å². The van der Waals surface area contributed by atoms with Crippen molar-refractivity contribution in [2.75, 3.05) is 9.21 Å². The first kappa shape index (κ1) is 29.2. The smallest absolute Gasteiger partial charge is 0.731 e. The van der Waals surface area contributed by atoms with Gasteiger partial charge in [0.15, 0.2) is 10.3 Å². The molecule has 0 aliphatic carbocycles. The third-order valence-corrected chi connectivity index (χ3v) is 7.48. The zero-order chi connectivity index (χ0) is 23.5. The largest absolute Gasteiger partial charge is 1.00 e. The summed E-state index contributed by atoms with van der Waals surface area (Å²) in [5.41, 5.74) is 2.41. The van der Waals surface area contributed by atoms with Gasteiger partial charge in [0.05, 0.1) is 11.4 Å². The maximum Gasteiger partial charge on any atom is 1.00 e. The van der Waals surface area contributed by atoms with Crippen molar-refractivity contribution in [1.82, 2.24) is 0 Å². The van der Waals surface area contributed by atoms with Gasteiger partial charge in [-0.3, -0.25) is 4.31 Å². The molecule has 2 aromatic carbocycles. The molecule has 0 N–H and O–H groups in total. The molecule has 3 rings (SSSR count). The second kappa shape index (κ2) is 15.1. The van der Waals surface area contributed by atoms with E-state index in [-0.39, 0.29) is 29.6 Å². The Morgan fingerprint density at radius 2 is 1.24 bits per heavy atom. The second-order valence-electron chi connectivity index (χ2n) is 9.16. The molecule has 0 bridgehead atoms. The second-order valence-corrected chi connectivity index (χ2v) is 10.4. The minimum Gasteiger partial charge on any atom is -0.731 e. The molecule has 0 aromatic heterocycles. The third-order valence-electron chi connectivity index (χ3n) is 6.56. The Balaban J connectivity index is 0.00000408. The van der Waals surface area contributed by atoms with Crippen molar-refractivity contribution < 1.29 is 42.5 Å². The van der Waals surface area contributed by atoms with Gasteiger partial charge in [0.2, 0.25) is 0 Å². The fourth-order valence-electron chi connectivity index (χ4n) is 4.85. The van der Waals surface area contributed by atoms with Crippen molar-refractivity contribution in [3.63, 3.8) is 0 Å². The molecule has 0 spiro atoms. The molecule has 7 heteroatoms. The van der Waals surface area contributed by atoms with Crippen LogP contribution in [0.3, 0.4) is 0 Å². The Morgan fingerprint density at radius 1 is 0.735 bits per heavy atom. The molecule has 182 valence electrons. The minimum atomic E-state index is -4.61. The number of para-hydroxylation sites is 2. The van der Waals surface area contributed by atoms with Crippen LogP contribution in [0.25, 0.3) is 0 Å². The van der Waals surface area contributed by atoms with E-state index in [0.717, 1.165) is 34.8 Å². The number of rotatable bonds is 15. The van der Waals surface area contributed by atoms with E-state index in [4.69, 9.17) is 0 Å². The van der Waals surface area contributed by atoms with Gasteiger partial charge in [-0.1, -0.05) is 114 Å². The maximum atomic E-state index is 12.2. The normalized spacial score (nSPS) is 15.3. The summed E-state index contributed by atoms with van der Waals surface area (Å²) < 4.78 is 37.8. The van der Waals surface area contributed by atoms with E-state index in [9.17, 15) is 13.0 Å². The molecule has 0 saturated heterocycles. The Morgan fingerprint density at radius 3 is 1.79 bits per heavy atom. The van der Waals surface area contributed by atoms with Crippen LogP contribution in [0, 0.1) is 0 Å². The Hall–Kier alpha value is -1.05. The van der Waals surface area contributed by atoms with Crippen LogP contribution in [0.5, 0.6) is 0 Å². The summed E-state index contributed by atoms with van der Waals surface area (Å²) in [6.07, 6.45) is 13.8. The first-order chi connectivity index (χ1) is 16.0. The monoisotopic (exact) mass is 494 g/mol. The van der Waals surface area contributed by atoms with Gasteiger partial charge in [0.1, 0.15) is 6.17 Å². The van der Waals surface area contributed by atoms with E-state index in [1.54, 1.807) is 12.1 Å². The number of hydrogen-bond acceptors (Lipinski definition) is 4. The Kier molecular flexibility index (Phi) is 13.0. The standard InChI is InChI=1S/C27H40N2O3S.Na/c1-2-3-4-5-6-7-8-9-10-11-15-22-27-28(23-24-18-13-12-14-19-24)25-20-16-17-21-26(25)29(27)33(30,31)32;/h12-14,16-21,27H,2-11,15,22-23H2,1H3,(H,30,31,32);/q;+1/p-1. The Labute approximate surface area is 229 Å². The first-order valence-corrected chi connectivity index (χ1v) is 14.0. The molecule has 1 heterocycles. The summed E-state index contributed by atoms with van der Waals surface area (Å²) >= 11 is 0. The van der Waals surface area contributed by atoms with E-state index in [1.165, 1.54) is 51.4 Å². The van der Waals surface area contributed by atoms with Crippen LogP contribution in [0.1, 0.15) is 89.5 Å². The number of unbranched alkanes of at least 4 members (excludes halogenated alkanes) is 10. The van der Waals surface area contributed by atoms with Crippen LogP contribution in [-0.2, 0) is 16.8 Å². The van der Waals surface area contributed by atoms with Crippen molar-refractivity contribution in [3.8, 4) is 0 Å². The van der Waals surface area contributed by atoms with Crippen LogP contribution in [0.15, 0.2) is 54.6 Å². The van der Waals surface area contributed by atoms with Crippen LogP contribution in [0.2, 0.25) is 0 Å². The average Bonchev–Trinajstić information content (AvgIpc) is 3.12. The quantitative estimate of drug-likeness (QED) is 0.213. The fraction of sp³-hybridized carbons (Fsp3) is 0.556. The summed E-state index contributed by atoms with van der Waals surface area (Å²) in [5, 5.41) is 0. The van der Waals surface area contributed by atoms with Gasteiger partial charge in [-0.25, -0.2) is 8.42 Å². The Bertz CT molecular complexity index is 940. The van der Waals surface area contributed by atoms with E-state index in [1.807, 2.05) is 42.5 Å².